The van der Waals surface area contributed by atoms with E-state index < -0.39 is 5.91 Å². The standard InChI is InChI=1S/C14H12N2O3/c17-14(10-15-18)16-11-5-4-8-13(9-11)19-12-6-2-1-3-7-12/h1-10,18H,(H,16,17)/b15-10-. The van der Waals surface area contributed by atoms with Gasteiger partial charge in [0.15, 0.2) is 0 Å². The Bertz CT molecular complexity index is 582. The molecule has 2 N–H and O–H groups in total. The van der Waals surface area contributed by atoms with E-state index in [4.69, 9.17) is 9.94 Å². The Hall–Kier alpha value is -2.82. The summed E-state index contributed by atoms with van der Waals surface area (Å²) >= 11 is 0. The lowest BCUT2D eigenvalue weighted by Gasteiger charge is -2.07. The van der Waals surface area contributed by atoms with Crippen molar-refractivity contribution in [2.24, 2.45) is 5.16 Å². The quantitative estimate of drug-likeness (QED) is 0.502. The molecule has 19 heavy (non-hydrogen) atoms. The molecular formula is C14H12N2O3. The summed E-state index contributed by atoms with van der Waals surface area (Å²) in [6, 6.07) is 16.2. The van der Waals surface area contributed by atoms with Crippen molar-refractivity contribution in [2.75, 3.05) is 5.32 Å². The predicted molar refractivity (Wildman–Crippen MR) is 71.9 cm³/mol. The second-order valence-electron chi connectivity index (χ2n) is 3.68. The minimum absolute atomic E-state index is 0.514. The summed E-state index contributed by atoms with van der Waals surface area (Å²) in [6.07, 6.45) is 0.782. The van der Waals surface area contributed by atoms with Crippen molar-refractivity contribution < 1.29 is 14.7 Å². The molecule has 1 amide bonds. The van der Waals surface area contributed by atoms with E-state index >= 15 is 0 Å². The molecule has 5 nitrogen and oxygen atoms in total. The van der Waals surface area contributed by atoms with Crippen LogP contribution in [0, 0.1) is 0 Å². The maximum absolute atomic E-state index is 11.2. The minimum Gasteiger partial charge on any atom is -0.457 e. The number of carbonyl (C=O) groups is 1. The summed E-state index contributed by atoms with van der Waals surface area (Å²) in [5.41, 5.74) is 0.554. The second kappa shape index (κ2) is 6.20. The van der Waals surface area contributed by atoms with E-state index in [1.165, 1.54) is 0 Å². The van der Waals surface area contributed by atoms with E-state index in [0.717, 1.165) is 6.21 Å². The molecule has 0 radical (unpaired) electrons. The van der Waals surface area contributed by atoms with Gasteiger partial charge in [-0.25, -0.2) is 0 Å². The zero-order valence-corrected chi connectivity index (χ0v) is 9.98. The Labute approximate surface area is 110 Å². The zero-order chi connectivity index (χ0) is 13.5. The summed E-state index contributed by atoms with van der Waals surface area (Å²) < 4.78 is 5.63. The Morgan fingerprint density at radius 1 is 1.11 bits per heavy atom. The van der Waals surface area contributed by atoms with Gasteiger partial charge in [0.2, 0.25) is 0 Å². The molecule has 0 saturated carbocycles. The van der Waals surface area contributed by atoms with Gasteiger partial charge in [-0.1, -0.05) is 29.4 Å². The van der Waals surface area contributed by atoms with Crippen LogP contribution in [0.4, 0.5) is 5.69 Å². The molecule has 2 aromatic rings. The van der Waals surface area contributed by atoms with Crippen LogP contribution in [0.15, 0.2) is 59.8 Å². The third-order valence-corrected chi connectivity index (χ3v) is 2.26. The van der Waals surface area contributed by atoms with Crippen molar-refractivity contribution in [3.8, 4) is 11.5 Å². The number of nitrogens with zero attached hydrogens (tertiary/aromatic N) is 1. The summed E-state index contributed by atoms with van der Waals surface area (Å²) in [6.45, 7) is 0. The van der Waals surface area contributed by atoms with Crippen molar-refractivity contribution in [2.45, 2.75) is 0 Å². The largest absolute Gasteiger partial charge is 0.457 e. The van der Waals surface area contributed by atoms with Crippen LogP contribution in [0.5, 0.6) is 11.5 Å². The molecule has 96 valence electrons. The number of amides is 1. The lowest BCUT2D eigenvalue weighted by atomic mass is 10.3. The Morgan fingerprint density at radius 3 is 2.58 bits per heavy atom. The van der Waals surface area contributed by atoms with Crippen LogP contribution < -0.4 is 10.1 Å². The first-order valence-corrected chi connectivity index (χ1v) is 5.59. The third kappa shape index (κ3) is 3.85. The van der Waals surface area contributed by atoms with Crippen LogP contribution >= 0.6 is 0 Å². The first-order valence-electron chi connectivity index (χ1n) is 5.59. The van der Waals surface area contributed by atoms with Crippen molar-refractivity contribution in [1.29, 1.82) is 0 Å². The molecule has 0 saturated heterocycles. The van der Waals surface area contributed by atoms with Crippen molar-refractivity contribution in [3.63, 3.8) is 0 Å². The SMILES string of the molecule is O=C(/C=N\O)Nc1cccc(Oc2ccccc2)c1. The highest BCUT2D eigenvalue weighted by Crippen LogP contribution is 2.23. The van der Waals surface area contributed by atoms with Crippen molar-refractivity contribution >= 4 is 17.8 Å². The van der Waals surface area contributed by atoms with Gasteiger partial charge in [0.25, 0.3) is 5.91 Å². The van der Waals surface area contributed by atoms with Crippen LogP contribution in [0.3, 0.4) is 0 Å². The fourth-order valence-corrected chi connectivity index (χ4v) is 1.49. The molecule has 2 aromatic carbocycles. The third-order valence-electron chi connectivity index (χ3n) is 2.26. The van der Waals surface area contributed by atoms with E-state index in [1.807, 2.05) is 30.3 Å². The van der Waals surface area contributed by atoms with Gasteiger partial charge in [-0.3, -0.25) is 4.79 Å². The van der Waals surface area contributed by atoms with Gasteiger partial charge in [-0.15, -0.1) is 0 Å². The average molecular weight is 256 g/mol. The molecular weight excluding hydrogens is 244 g/mol. The monoisotopic (exact) mass is 256 g/mol. The maximum Gasteiger partial charge on any atom is 0.270 e. The smallest absolute Gasteiger partial charge is 0.270 e. The zero-order valence-electron chi connectivity index (χ0n) is 9.98. The van der Waals surface area contributed by atoms with Gasteiger partial charge in [-0.2, -0.15) is 0 Å². The lowest BCUT2D eigenvalue weighted by Crippen LogP contribution is -2.12. The molecule has 0 aliphatic carbocycles. The van der Waals surface area contributed by atoms with Crippen molar-refractivity contribution in [3.05, 3.63) is 54.6 Å². The van der Waals surface area contributed by atoms with Crippen LogP contribution in [-0.2, 0) is 4.79 Å². The number of rotatable bonds is 4. The van der Waals surface area contributed by atoms with Gasteiger partial charge in [0.05, 0.1) is 0 Å². The number of carbonyl (C=O) groups excluding carboxylic acids is 1. The van der Waals surface area contributed by atoms with Gasteiger partial charge in [0.1, 0.15) is 17.7 Å². The van der Waals surface area contributed by atoms with Crippen LogP contribution in [-0.4, -0.2) is 17.3 Å². The van der Waals surface area contributed by atoms with Crippen molar-refractivity contribution in [1.82, 2.24) is 0 Å². The van der Waals surface area contributed by atoms with Gasteiger partial charge >= 0.3 is 0 Å². The number of para-hydroxylation sites is 1. The molecule has 0 spiro atoms. The number of ether oxygens (including phenoxy) is 1. The normalized spacial score (nSPS) is 10.3. The summed E-state index contributed by atoms with van der Waals surface area (Å²) in [7, 11) is 0. The topological polar surface area (TPSA) is 70.9 Å². The van der Waals surface area contributed by atoms with Crippen LogP contribution in [0.25, 0.3) is 0 Å². The predicted octanol–water partition coefficient (Wildman–Crippen LogP) is 2.88. The Morgan fingerprint density at radius 2 is 1.84 bits per heavy atom. The fourth-order valence-electron chi connectivity index (χ4n) is 1.49. The molecule has 0 aliphatic heterocycles. The number of hydrogen-bond donors (Lipinski definition) is 2. The van der Waals surface area contributed by atoms with Crippen LogP contribution in [0.2, 0.25) is 0 Å². The fraction of sp³-hybridized carbons (Fsp3) is 0. The Balaban J connectivity index is 2.09. The molecule has 5 heteroatoms. The van der Waals surface area contributed by atoms with E-state index in [9.17, 15) is 4.79 Å². The summed E-state index contributed by atoms with van der Waals surface area (Å²) in [4.78, 5) is 11.2. The Kier molecular flexibility index (Phi) is 4.12. The van der Waals surface area contributed by atoms with Gasteiger partial charge in [0, 0.05) is 11.8 Å². The lowest BCUT2D eigenvalue weighted by molar-refractivity contribution is -0.110. The average Bonchev–Trinajstić information content (AvgIpc) is 2.40. The maximum atomic E-state index is 11.2. The van der Waals surface area contributed by atoms with E-state index in [2.05, 4.69) is 10.5 Å². The molecule has 0 heterocycles. The van der Waals surface area contributed by atoms with Crippen LogP contribution in [0.1, 0.15) is 0 Å². The number of anilines is 1. The minimum atomic E-state index is -0.514. The van der Waals surface area contributed by atoms with Gasteiger partial charge < -0.3 is 15.3 Å². The molecule has 0 atom stereocenters. The molecule has 0 aliphatic rings. The second-order valence-corrected chi connectivity index (χ2v) is 3.68. The molecule has 0 aromatic heterocycles. The van der Waals surface area contributed by atoms with Gasteiger partial charge in [-0.05, 0) is 24.3 Å². The molecule has 0 fully saturated rings. The molecule has 0 unspecified atom stereocenters. The highest BCUT2D eigenvalue weighted by Gasteiger charge is 2.01. The van der Waals surface area contributed by atoms with E-state index in [-0.39, 0.29) is 0 Å². The highest BCUT2D eigenvalue weighted by atomic mass is 16.5. The highest BCUT2D eigenvalue weighted by molar-refractivity contribution is 6.31. The van der Waals surface area contributed by atoms with E-state index in [1.54, 1.807) is 24.3 Å². The first-order chi connectivity index (χ1) is 9.28. The summed E-state index contributed by atoms with van der Waals surface area (Å²) in [5, 5.41) is 13.4. The summed E-state index contributed by atoms with van der Waals surface area (Å²) in [5.74, 6) is 0.798. The first kappa shape index (κ1) is 12.6. The number of hydrogen-bond acceptors (Lipinski definition) is 4. The van der Waals surface area contributed by atoms with E-state index in [0.29, 0.717) is 17.2 Å². The number of nitrogens with one attached hydrogen (secondary N) is 1. The molecule has 0 bridgehead atoms. The number of benzene rings is 2. The molecule has 2 rings (SSSR count). The number of oxime groups is 1.